The van der Waals surface area contributed by atoms with Gasteiger partial charge in [-0.05, 0) is 35.9 Å². The second-order valence-electron chi connectivity index (χ2n) is 5.51. The summed E-state index contributed by atoms with van der Waals surface area (Å²) >= 11 is 6.26. The molecule has 0 unspecified atom stereocenters. The Balaban J connectivity index is 1.97. The second kappa shape index (κ2) is 5.21. The highest BCUT2D eigenvalue weighted by Gasteiger charge is 2.13. The van der Waals surface area contributed by atoms with Crippen LogP contribution in [-0.2, 0) is 0 Å². The summed E-state index contributed by atoms with van der Waals surface area (Å²) in [5.74, 6) is 0.633. The molecule has 114 valence electrons. The third kappa shape index (κ3) is 2.29. The summed E-state index contributed by atoms with van der Waals surface area (Å²) in [6.07, 6.45) is 0. The molecule has 23 heavy (non-hydrogen) atoms. The molecule has 0 saturated heterocycles. The fraction of sp³-hybridized carbons (Fsp3) is 0.118. The van der Waals surface area contributed by atoms with Gasteiger partial charge in [0.1, 0.15) is 0 Å². The van der Waals surface area contributed by atoms with Crippen LogP contribution >= 0.6 is 11.6 Å². The summed E-state index contributed by atoms with van der Waals surface area (Å²) in [6, 6.07) is 15.9. The van der Waals surface area contributed by atoms with E-state index in [1.807, 2.05) is 61.5 Å². The van der Waals surface area contributed by atoms with E-state index >= 15 is 0 Å². The van der Waals surface area contributed by atoms with E-state index < -0.39 is 0 Å². The van der Waals surface area contributed by atoms with Gasteiger partial charge in [-0.3, -0.25) is 0 Å². The van der Waals surface area contributed by atoms with Crippen molar-refractivity contribution in [1.29, 1.82) is 0 Å². The number of hydrogen-bond acceptors (Lipinski definition) is 4. The van der Waals surface area contributed by atoms with Crippen molar-refractivity contribution in [1.82, 2.24) is 19.6 Å². The lowest BCUT2D eigenvalue weighted by Gasteiger charge is -2.12. The SMILES string of the molecule is CN(C)c1cccc(-c2nc3c4ccccc4nc(Cl)n3n2)c1. The number of hydrogen-bond donors (Lipinski definition) is 0. The van der Waals surface area contributed by atoms with E-state index in [0.717, 1.165) is 22.2 Å². The van der Waals surface area contributed by atoms with Crippen LogP contribution in [0, 0.1) is 0 Å². The van der Waals surface area contributed by atoms with Crippen molar-refractivity contribution in [2.75, 3.05) is 19.0 Å². The van der Waals surface area contributed by atoms with Crippen molar-refractivity contribution in [3.8, 4) is 11.4 Å². The van der Waals surface area contributed by atoms with Crippen LogP contribution in [0.5, 0.6) is 0 Å². The Bertz CT molecular complexity index is 1020. The smallest absolute Gasteiger partial charge is 0.226 e. The molecule has 2 heterocycles. The predicted molar refractivity (Wildman–Crippen MR) is 93.1 cm³/mol. The highest BCUT2D eigenvalue weighted by atomic mass is 35.5. The minimum Gasteiger partial charge on any atom is -0.378 e. The maximum atomic E-state index is 6.26. The van der Waals surface area contributed by atoms with Crippen LogP contribution in [0.2, 0.25) is 5.28 Å². The minimum atomic E-state index is 0.307. The van der Waals surface area contributed by atoms with Gasteiger partial charge in [0, 0.05) is 30.7 Å². The van der Waals surface area contributed by atoms with E-state index in [0.29, 0.717) is 16.8 Å². The van der Waals surface area contributed by atoms with Gasteiger partial charge >= 0.3 is 0 Å². The van der Waals surface area contributed by atoms with Crippen molar-refractivity contribution >= 4 is 33.8 Å². The molecule has 0 aliphatic rings. The minimum absolute atomic E-state index is 0.307. The summed E-state index contributed by atoms with van der Waals surface area (Å²) in [5.41, 5.74) is 3.56. The number of rotatable bonds is 2. The van der Waals surface area contributed by atoms with Gasteiger partial charge in [-0.25, -0.2) is 9.97 Å². The molecule has 0 bridgehead atoms. The van der Waals surface area contributed by atoms with Gasteiger partial charge in [0.2, 0.25) is 5.28 Å². The van der Waals surface area contributed by atoms with Gasteiger partial charge in [-0.15, -0.1) is 5.10 Å². The fourth-order valence-electron chi connectivity index (χ4n) is 2.57. The maximum Gasteiger partial charge on any atom is 0.226 e. The number of benzene rings is 2. The Morgan fingerprint density at radius 1 is 1.00 bits per heavy atom. The van der Waals surface area contributed by atoms with Crippen LogP contribution in [0.25, 0.3) is 27.9 Å². The number of aromatic nitrogens is 4. The molecule has 0 aliphatic carbocycles. The van der Waals surface area contributed by atoms with Crippen molar-refractivity contribution in [2.24, 2.45) is 0 Å². The first-order valence-corrected chi connectivity index (χ1v) is 7.60. The zero-order valence-corrected chi connectivity index (χ0v) is 13.5. The van der Waals surface area contributed by atoms with Crippen LogP contribution in [0.1, 0.15) is 0 Å². The van der Waals surface area contributed by atoms with E-state index in [1.165, 1.54) is 0 Å². The summed E-state index contributed by atoms with van der Waals surface area (Å²) in [7, 11) is 4.01. The zero-order chi connectivity index (χ0) is 16.0. The van der Waals surface area contributed by atoms with Crippen LogP contribution < -0.4 is 4.90 Å². The standard InChI is InChI=1S/C17H14ClN5/c1-22(2)12-7-5-6-11(10-12)15-20-16-13-8-3-4-9-14(13)19-17(18)23(16)21-15/h3-10H,1-2H3. The molecule has 0 spiro atoms. The Labute approximate surface area is 138 Å². The Hall–Kier alpha value is -2.66. The lowest BCUT2D eigenvalue weighted by molar-refractivity contribution is 0.939. The summed E-state index contributed by atoms with van der Waals surface area (Å²) in [5, 5.41) is 5.76. The van der Waals surface area contributed by atoms with E-state index in [1.54, 1.807) is 4.52 Å². The molecule has 5 nitrogen and oxygen atoms in total. The highest BCUT2D eigenvalue weighted by Crippen LogP contribution is 2.25. The average molecular weight is 324 g/mol. The van der Waals surface area contributed by atoms with E-state index in [9.17, 15) is 0 Å². The molecule has 0 radical (unpaired) electrons. The van der Waals surface area contributed by atoms with E-state index in [4.69, 9.17) is 11.6 Å². The van der Waals surface area contributed by atoms with Gasteiger partial charge in [0.25, 0.3) is 0 Å². The van der Waals surface area contributed by atoms with Crippen LogP contribution in [0.4, 0.5) is 5.69 Å². The molecule has 0 amide bonds. The third-order valence-electron chi connectivity index (χ3n) is 3.76. The van der Waals surface area contributed by atoms with Crippen molar-refractivity contribution < 1.29 is 0 Å². The summed E-state index contributed by atoms with van der Waals surface area (Å²) in [4.78, 5) is 11.1. The monoisotopic (exact) mass is 323 g/mol. The van der Waals surface area contributed by atoms with Gasteiger partial charge in [0.15, 0.2) is 11.5 Å². The van der Waals surface area contributed by atoms with Gasteiger partial charge in [-0.1, -0.05) is 24.3 Å². The molecule has 4 rings (SSSR count). The molecule has 2 aromatic carbocycles. The lowest BCUT2D eigenvalue weighted by atomic mass is 10.2. The van der Waals surface area contributed by atoms with E-state index in [-0.39, 0.29) is 0 Å². The normalized spacial score (nSPS) is 11.3. The number of nitrogens with zero attached hydrogens (tertiary/aromatic N) is 5. The second-order valence-corrected chi connectivity index (χ2v) is 5.85. The topological polar surface area (TPSA) is 46.3 Å². The van der Waals surface area contributed by atoms with Gasteiger partial charge in [0.05, 0.1) is 5.52 Å². The Morgan fingerprint density at radius 2 is 1.83 bits per heavy atom. The third-order valence-corrected chi connectivity index (χ3v) is 4.00. The largest absolute Gasteiger partial charge is 0.378 e. The molecule has 0 N–H and O–H groups in total. The number of halogens is 1. The Morgan fingerprint density at radius 3 is 2.65 bits per heavy atom. The van der Waals surface area contributed by atoms with Crippen LogP contribution in [0.3, 0.4) is 0 Å². The predicted octanol–water partition coefficient (Wildman–Crippen LogP) is 3.66. The zero-order valence-electron chi connectivity index (χ0n) is 12.7. The first-order chi connectivity index (χ1) is 11.1. The first-order valence-electron chi connectivity index (χ1n) is 7.22. The van der Waals surface area contributed by atoms with Crippen LogP contribution in [-0.4, -0.2) is 33.7 Å². The first kappa shape index (κ1) is 14.0. The summed E-state index contributed by atoms with van der Waals surface area (Å²) in [6.45, 7) is 0. The molecule has 0 saturated carbocycles. The maximum absolute atomic E-state index is 6.26. The highest BCUT2D eigenvalue weighted by molar-refractivity contribution is 6.29. The van der Waals surface area contributed by atoms with Crippen molar-refractivity contribution in [3.05, 3.63) is 53.8 Å². The molecule has 0 fully saturated rings. The molecular formula is C17H14ClN5. The molecule has 4 aromatic rings. The average Bonchev–Trinajstić information content (AvgIpc) is 3.01. The number of anilines is 1. The summed E-state index contributed by atoms with van der Waals surface area (Å²) < 4.78 is 1.58. The number of para-hydroxylation sites is 1. The molecule has 2 aromatic heterocycles. The molecule has 6 heteroatoms. The molecule has 0 aliphatic heterocycles. The van der Waals surface area contributed by atoms with Crippen LogP contribution in [0.15, 0.2) is 48.5 Å². The van der Waals surface area contributed by atoms with Crippen molar-refractivity contribution in [3.63, 3.8) is 0 Å². The van der Waals surface area contributed by atoms with E-state index in [2.05, 4.69) is 21.1 Å². The molecular weight excluding hydrogens is 310 g/mol. The molecule has 0 atom stereocenters. The fourth-order valence-corrected chi connectivity index (χ4v) is 2.78. The lowest BCUT2D eigenvalue weighted by Crippen LogP contribution is -2.08. The quantitative estimate of drug-likeness (QED) is 0.528. The van der Waals surface area contributed by atoms with Crippen molar-refractivity contribution in [2.45, 2.75) is 0 Å². The van der Waals surface area contributed by atoms with Gasteiger partial charge in [-0.2, -0.15) is 4.52 Å². The Kier molecular flexibility index (Phi) is 3.16. The van der Waals surface area contributed by atoms with Gasteiger partial charge < -0.3 is 4.90 Å². The number of fused-ring (bicyclic) bond motifs is 3.